The molecule has 0 fully saturated rings. The molecule has 0 saturated heterocycles. The second-order valence-electron chi connectivity index (χ2n) is 2.64. The second-order valence-corrected chi connectivity index (χ2v) is 2.64. The van der Waals surface area contributed by atoms with Gasteiger partial charge in [0, 0.05) is 26.2 Å². The van der Waals surface area contributed by atoms with Gasteiger partial charge in [-0.25, -0.2) is 0 Å². The molecule has 1 heterocycles. The minimum Gasteiger partial charge on any atom is -0.359 e. The lowest BCUT2D eigenvalue weighted by Crippen LogP contribution is -2.19. The Balaban J connectivity index is 0.000000791. The van der Waals surface area contributed by atoms with Crippen molar-refractivity contribution in [1.29, 1.82) is 0 Å². The Kier molecular flexibility index (Phi) is 6.45. The minimum absolute atomic E-state index is 0.0446. The van der Waals surface area contributed by atoms with Crippen LogP contribution < -0.4 is 5.32 Å². The Hall–Kier alpha value is -1.32. The molecular weight excluding hydrogens is 178 g/mol. The maximum Gasteiger partial charge on any atom is 0.221 e. The zero-order valence-corrected chi connectivity index (χ0v) is 9.37. The maximum absolute atomic E-state index is 10.8. The molecule has 0 aliphatic rings. The van der Waals surface area contributed by atoms with Crippen molar-refractivity contribution in [3.63, 3.8) is 0 Å². The number of aromatic nitrogens is 2. The fourth-order valence-electron chi connectivity index (χ4n) is 0.929. The summed E-state index contributed by atoms with van der Waals surface area (Å²) in [6.45, 7) is 6.57. The largest absolute Gasteiger partial charge is 0.359 e. The van der Waals surface area contributed by atoms with Gasteiger partial charge in [0.25, 0.3) is 0 Å². The number of carbonyl (C=O) groups excluding carboxylic acids is 1. The number of hydrogen-bond donors (Lipinski definition) is 1. The summed E-state index contributed by atoms with van der Waals surface area (Å²) in [7, 11) is 1.64. The summed E-state index contributed by atoms with van der Waals surface area (Å²) in [5.41, 5.74) is 0.979. The van der Waals surface area contributed by atoms with Crippen molar-refractivity contribution in [2.24, 2.45) is 0 Å². The van der Waals surface area contributed by atoms with Crippen molar-refractivity contribution in [2.75, 3.05) is 7.05 Å². The standard InChI is InChI=1S/C8H13N3O.C2H6/c1-7-3-5-11(10-7)6-4-8(12)9-2;1-2/h3,5H,4,6H2,1-2H3,(H,9,12);1-2H3. The molecule has 0 aromatic carbocycles. The van der Waals surface area contributed by atoms with E-state index in [1.807, 2.05) is 33.0 Å². The van der Waals surface area contributed by atoms with E-state index in [1.54, 1.807) is 11.7 Å². The average molecular weight is 197 g/mol. The number of nitrogens with one attached hydrogen (secondary N) is 1. The first-order valence-corrected chi connectivity index (χ1v) is 4.93. The summed E-state index contributed by atoms with van der Waals surface area (Å²) in [4.78, 5) is 10.8. The van der Waals surface area contributed by atoms with Gasteiger partial charge in [0.15, 0.2) is 0 Å². The summed E-state index contributed by atoms with van der Waals surface area (Å²) in [6.07, 6.45) is 2.36. The van der Waals surface area contributed by atoms with E-state index in [2.05, 4.69) is 10.4 Å². The molecule has 0 unspecified atom stereocenters. The summed E-state index contributed by atoms with van der Waals surface area (Å²) >= 11 is 0. The first-order valence-electron chi connectivity index (χ1n) is 4.93. The molecule has 4 nitrogen and oxygen atoms in total. The van der Waals surface area contributed by atoms with Gasteiger partial charge in [0.2, 0.25) is 5.91 Å². The maximum atomic E-state index is 10.8. The summed E-state index contributed by atoms with van der Waals surface area (Å²) in [5.74, 6) is 0.0446. The van der Waals surface area contributed by atoms with Crippen molar-refractivity contribution in [3.8, 4) is 0 Å². The fraction of sp³-hybridized carbons (Fsp3) is 0.600. The summed E-state index contributed by atoms with van der Waals surface area (Å²) in [6, 6.07) is 1.92. The van der Waals surface area contributed by atoms with Gasteiger partial charge in [0.05, 0.1) is 5.69 Å². The van der Waals surface area contributed by atoms with Crippen molar-refractivity contribution in [1.82, 2.24) is 15.1 Å². The third-order valence-electron chi connectivity index (χ3n) is 1.62. The molecule has 0 saturated carbocycles. The van der Waals surface area contributed by atoms with Gasteiger partial charge in [-0.1, -0.05) is 13.8 Å². The van der Waals surface area contributed by atoms with Gasteiger partial charge in [0.1, 0.15) is 0 Å². The monoisotopic (exact) mass is 197 g/mol. The number of hydrogen-bond acceptors (Lipinski definition) is 2. The number of rotatable bonds is 3. The predicted octanol–water partition coefficient (Wildman–Crippen LogP) is 1.35. The molecule has 1 rings (SSSR count). The van der Waals surface area contributed by atoms with Crippen LogP contribution in [0, 0.1) is 6.92 Å². The Morgan fingerprint density at radius 1 is 1.57 bits per heavy atom. The molecular formula is C10H19N3O. The third kappa shape index (κ3) is 4.64. The molecule has 0 spiro atoms. The Bertz CT molecular complexity index is 268. The van der Waals surface area contributed by atoms with E-state index in [9.17, 15) is 4.79 Å². The van der Waals surface area contributed by atoms with Crippen LogP contribution in [-0.4, -0.2) is 22.7 Å². The van der Waals surface area contributed by atoms with Crippen LogP contribution in [0.3, 0.4) is 0 Å². The molecule has 0 bridgehead atoms. The van der Waals surface area contributed by atoms with Gasteiger partial charge < -0.3 is 5.32 Å². The molecule has 1 aromatic heterocycles. The minimum atomic E-state index is 0.0446. The molecule has 1 aromatic rings. The summed E-state index contributed by atoms with van der Waals surface area (Å²) in [5, 5.41) is 6.72. The molecule has 14 heavy (non-hydrogen) atoms. The van der Waals surface area contributed by atoms with Gasteiger partial charge in [-0.3, -0.25) is 9.48 Å². The number of amides is 1. The Morgan fingerprint density at radius 3 is 2.64 bits per heavy atom. The molecule has 4 heteroatoms. The lowest BCUT2D eigenvalue weighted by atomic mass is 10.4. The zero-order valence-electron chi connectivity index (χ0n) is 9.37. The first-order chi connectivity index (χ1) is 6.72. The second kappa shape index (κ2) is 7.12. The molecule has 0 aliphatic carbocycles. The lowest BCUT2D eigenvalue weighted by molar-refractivity contribution is -0.120. The van der Waals surface area contributed by atoms with Crippen LogP contribution in [0.1, 0.15) is 26.0 Å². The first kappa shape index (κ1) is 12.7. The Morgan fingerprint density at radius 2 is 2.21 bits per heavy atom. The normalized spacial score (nSPS) is 8.86. The van der Waals surface area contributed by atoms with Gasteiger partial charge in [-0.2, -0.15) is 5.10 Å². The van der Waals surface area contributed by atoms with E-state index >= 15 is 0 Å². The van der Waals surface area contributed by atoms with Crippen LogP contribution in [0.15, 0.2) is 12.3 Å². The Labute approximate surface area is 85.3 Å². The molecule has 80 valence electrons. The average Bonchev–Trinajstić information content (AvgIpc) is 2.64. The van der Waals surface area contributed by atoms with Crippen LogP contribution >= 0.6 is 0 Å². The van der Waals surface area contributed by atoms with Crippen LogP contribution in [-0.2, 0) is 11.3 Å². The van der Waals surface area contributed by atoms with Crippen molar-refractivity contribution in [3.05, 3.63) is 18.0 Å². The van der Waals surface area contributed by atoms with Crippen LogP contribution in [0.5, 0.6) is 0 Å². The van der Waals surface area contributed by atoms with E-state index in [0.717, 1.165) is 5.69 Å². The molecule has 0 aliphatic heterocycles. The molecule has 0 atom stereocenters. The van der Waals surface area contributed by atoms with Gasteiger partial charge in [-0.15, -0.1) is 0 Å². The fourth-order valence-corrected chi connectivity index (χ4v) is 0.929. The van der Waals surface area contributed by atoms with Crippen molar-refractivity contribution < 1.29 is 4.79 Å². The van der Waals surface area contributed by atoms with Crippen LogP contribution in [0.4, 0.5) is 0 Å². The van der Waals surface area contributed by atoms with E-state index < -0.39 is 0 Å². The highest BCUT2D eigenvalue weighted by molar-refractivity contribution is 5.75. The van der Waals surface area contributed by atoms with Crippen LogP contribution in [0.2, 0.25) is 0 Å². The van der Waals surface area contributed by atoms with Crippen molar-refractivity contribution >= 4 is 5.91 Å². The van der Waals surface area contributed by atoms with E-state index in [-0.39, 0.29) is 5.91 Å². The van der Waals surface area contributed by atoms with Crippen LogP contribution in [0.25, 0.3) is 0 Å². The summed E-state index contributed by atoms with van der Waals surface area (Å²) < 4.78 is 1.77. The lowest BCUT2D eigenvalue weighted by Gasteiger charge is -1.99. The third-order valence-corrected chi connectivity index (χ3v) is 1.62. The highest BCUT2D eigenvalue weighted by Gasteiger charge is 1.98. The molecule has 1 amide bonds. The van der Waals surface area contributed by atoms with Gasteiger partial charge in [-0.05, 0) is 13.0 Å². The molecule has 1 N–H and O–H groups in total. The van der Waals surface area contributed by atoms with Gasteiger partial charge >= 0.3 is 0 Å². The number of carbonyl (C=O) groups is 1. The van der Waals surface area contributed by atoms with Crippen molar-refractivity contribution in [2.45, 2.75) is 33.7 Å². The topological polar surface area (TPSA) is 46.9 Å². The number of aryl methyl sites for hydroxylation is 2. The highest BCUT2D eigenvalue weighted by Crippen LogP contribution is 1.94. The van der Waals surface area contributed by atoms with E-state index in [1.165, 1.54) is 0 Å². The zero-order chi connectivity index (χ0) is 11.0. The highest BCUT2D eigenvalue weighted by atomic mass is 16.1. The quantitative estimate of drug-likeness (QED) is 0.795. The van der Waals surface area contributed by atoms with E-state index in [0.29, 0.717) is 13.0 Å². The smallest absolute Gasteiger partial charge is 0.221 e. The van der Waals surface area contributed by atoms with E-state index in [4.69, 9.17) is 0 Å². The SMILES string of the molecule is CC.CNC(=O)CCn1ccc(C)n1. The predicted molar refractivity (Wildman–Crippen MR) is 57.0 cm³/mol. The number of nitrogens with zero attached hydrogens (tertiary/aromatic N) is 2. The molecule has 0 radical (unpaired) electrons.